The van der Waals surface area contributed by atoms with Gasteiger partial charge in [-0.3, -0.25) is 9.48 Å². The van der Waals surface area contributed by atoms with Crippen molar-refractivity contribution in [3.05, 3.63) is 57.3 Å². The molecule has 42 heavy (non-hydrogen) atoms. The molecule has 0 aliphatic carbocycles. The lowest BCUT2D eigenvalue weighted by Gasteiger charge is -2.34. The Labute approximate surface area is 243 Å². The number of rotatable bonds is 10. The minimum atomic E-state index is -3.05. The van der Waals surface area contributed by atoms with Gasteiger partial charge in [0.05, 0.1) is 18.8 Å². The molecule has 2 unspecified atom stereocenters. The molecule has 14 heteroatoms. The van der Waals surface area contributed by atoms with Gasteiger partial charge in [0.2, 0.25) is 5.91 Å². The van der Waals surface area contributed by atoms with Gasteiger partial charge in [-0.05, 0) is 37.5 Å². The number of thiazole rings is 1. The number of terminal acetylenes is 1. The van der Waals surface area contributed by atoms with E-state index >= 15 is 0 Å². The van der Waals surface area contributed by atoms with Crippen molar-refractivity contribution in [2.45, 2.75) is 57.2 Å². The molecule has 2 aromatic heterocycles. The second-order valence-electron chi connectivity index (χ2n) is 9.66. The molecule has 3 aromatic rings. The molecule has 4 heterocycles. The molecular formula is C28H27F4N5O4S. The summed E-state index contributed by atoms with van der Waals surface area (Å²) in [6.45, 7) is -0.116. The normalized spacial score (nSPS) is 18.6. The number of hydrogen-bond donors (Lipinski definition) is 0. The van der Waals surface area contributed by atoms with E-state index in [4.69, 9.17) is 25.7 Å². The average molecular weight is 606 g/mol. The van der Waals surface area contributed by atoms with Crippen LogP contribution in [0.15, 0.2) is 34.8 Å². The number of benzene rings is 1. The van der Waals surface area contributed by atoms with Crippen LogP contribution < -0.4 is 9.47 Å². The Hall–Kier alpha value is -4.12. The summed E-state index contributed by atoms with van der Waals surface area (Å²) in [5.74, 6) is 3.07. The van der Waals surface area contributed by atoms with Crippen molar-refractivity contribution in [3.8, 4) is 23.8 Å². The summed E-state index contributed by atoms with van der Waals surface area (Å²) in [6.07, 6.45) is 1.44. The summed E-state index contributed by atoms with van der Waals surface area (Å²) in [7, 11) is 1.55. The predicted octanol–water partition coefficient (Wildman–Crippen LogP) is 5.85. The van der Waals surface area contributed by atoms with Gasteiger partial charge in [-0.15, -0.1) is 17.8 Å². The first-order valence-electron chi connectivity index (χ1n) is 13.1. The smallest absolute Gasteiger partial charge is 0.282 e. The fourth-order valence-electron chi connectivity index (χ4n) is 4.99. The lowest BCUT2D eigenvalue weighted by Crippen LogP contribution is -2.40. The van der Waals surface area contributed by atoms with Crippen LogP contribution in [0, 0.1) is 12.3 Å². The number of piperidine rings is 1. The molecule has 0 spiro atoms. The molecule has 1 saturated heterocycles. The second-order valence-corrected chi connectivity index (χ2v) is 10.5. The van der Waals surface area contributed by atoms with Crippen molar-refractivity contribution < 1.29 is 36.7 Å². The van der Waals surface area contributed by atoms with Gasteiger partial charge in [0.25, 0.3) is 12.9 Å². The zero-order valence-corrected chi connectivity index (χ0v) is 23.3. The van der Waals surface area contributed by atoms with E-state index in [-0.39, 0.29) is 6.61 Å². The number of likely N-dealkylation sites (tertiary alicyclic amines) is 1. The van der Waals surface area contributed by atoms with Crippen molar-refractivity contribution in [1.29, 1.82) is 0 Å². The van der Waals surface area contributed by atoms with E-state index in [9.17, 15) is 22.4 Å². The highest BCUT2D eigenvalue weighted by molar-refractivity contribution is 7.10. The minimum absolute atomic E-state index is 0.0733. The van der Waals surface area contributed by atoms with E-state index in [0.29, 0.717) is 58.0 Å². The zero-order valence-electron chi connectivity index (χ0n) is 22.5. The van der Waals surface area contributed by atoms with Gasteiger partial charge in [-0.25, -0.2) is 22.5 Å². The number of nitrogens with zero attached hydrogens (tertiary/aromatic N) is 5. The first kappa shape index (κ1) is 29.4. The van der Waals surface area contributed by atoms with E-state index in [0.717, 1.165) is 18.4 Å². The van der Waals surface area contributed by atoms with Crippen LogP contribution in [0.5, 0.6) is 11.5 Å². The van der Waals surface area contributed by atoms with Crippen LogP contribution in [0.1, 0.15) is 78.3 Å². The van der Waals surface area contributed by atoms with Gasteiger partial charge in [-0.1, -0.05) is 11.1 Å². The van der Waals surface area contributed by atoms with Crippen LogP contribution in [0.4, 0.5) is 17.6 Å². The van der Waals surface area contributed by atoms with Crippen LogP contribution in [0.25, 0.3) is 0 Å². The quantitative estimate of drug-likeness (QED) is 0.213. The third kappa shape index (κ3) is 6.20. The third-order valence-electron chi connectivity index (χ3n) is 7.04. The van der Waals surface area contributed by atoms with Gasteiger partial charge >= 0.3 is 0 Å². The van der Waals surface area contributed by atoms with E-state index in [2.05, 4.69) is 16.2 Å². The van der Waals surface area contributed by atoms with Crippen molar-refractivity contribution in [2.24, 2.45) is 5.16 Å². The number of oxime groups is 1. The number of carbonyl (C=O) groups excluding carboxylic acids is 1. The topological polar surface area (TPSA) is 91.1 Å². The fourth-order valence-corrected chi connectivity index (χ4v) is 5.96. The number of carbonyl (C=O) groups is 1. The summed E-state index contributed by atoms with van der Waals surface area (Å²) in [6, 6.07) is 5.59. The number of hydrogen-bond acceptors (Lipinski definition) is 8. The molecule has 0 saturated carbocycles. The van der Waals surface area contributed by atoms with Crippen molar-refractivity contribution in [2.75, 3.05) is 20.3 Å². The first-order valence-corrected chi connectivity index (χ1v) is 14.0. The second kappa shape index (κ2) is 12.8. The van der Waals surface area contributed by atoms with Crippen LogP contribution in [-0.2, 0) is 16.2 Å². The Morgan fingerprint density at radius 1 is 1.24 bits per heavy atom. The Balaban J connectivity index is 1.30. The van der Waals surface area contributed by atoms with Crippen molar-refractivity contribution >= 4 is 23.0 Å². The van der Waals surface area contributed by atoms with E-state index in [1.54, 1.807) is 24.1 Å². The molecule has 2 atom stereocenters. The lowest BCUT2D eigenvalue weighted by molar-refractivity contribution is -0.136. The Bertz CT molecular complexity index is 1500. The molecular weight excluding hydrogens is 578 g/mol. The van der Waals surface area contributed by atoms with Gasteiger partial charge in [0.1, 0.15) is 46.8 Å². The summed E-state index contributed by atoms with van der Waals surface area (Å²) in [5, 5.41) is 10.3. The molecule has 0 bridgehead atoms. The number of ether oxygens (including phenoxy) is 2. The van der Waals surface area contributed by atoms with E-state index in [1.807, 2.05) is 11.4 Å². The Kier molecular flexibility index (Phi) is 8.96. The van der Waals surface area contributed by atoms with Gasteiger partial charge < -0.3 is 19.2 Å². The Morgan fingerprint density at radius 3 is 2.81 bits per heavy atom. The monoisotopic (exact) mass is 605 g/mol. The highest BCUT2D eigenvalue weighted by Gasteiger charge is 2.33. The highest BCUT2D eigenvalue weighted by atomic mass is 32.1. The van der Waals surface area contributed by atoms with E-state index in [1.165, 1.54) is 11.3 Å². The zero-order chi connectivity index (χ0) is 29.8. The molecule has 1 fully saturated rings. The number of alkyl halides is 4. The summed E-state index contributed by atoms with van der Waals surface area (Å²) >= 11 is 1.36. The van der Waals surface area contributed by atoms with Gasteiger partial charge in [0.15, 0.2) is 6.10 Å². The largest absolute Gasteiger partial charge is 0.497 e. The molecule has 5 rings (SSSR count). The van der Waals surface area contributed by atoms with Gasteiger partial charge in [0, 0.05) is 30.0 Å². The fraction of sp³-hybridized carbons (Fsp3) is 0.429. The number of aromatic nitrogens is 3. The maximum Gasteiger partial charge on any atom is 0.282 e. The molecule has 1 amide bonds. The van der Waals surface area contributed by atoms with E-state index < -0.39 is 48.8 Å². The third-order valence-corrected chi connectivity index (χ3v) is 7.98. The molecule has 0 radical (unpaired) electrons. The molecule has 2 aliphatic heterocycles. The van der Waals surface area contributed by atoms with Crippen molar-refractivity contribution in [3.63, 3.8) is 0 Å². The number of methoxy groups -OCH3 is 1. The standard InChI is InChI=1S/C28H27F4N5O4S/c1-3-10-40-23-11-16(39-2)7-8-17(23)24-13-18(35-41-24)20-15-42-28(33-20)21-6-4-5-9-36(21)25(38)14-37-22(27(31)32)12-19(34-37)26(29)30/h1,7-8,11-12,15,21,24,26-27H,4-6,9-10,13-14H2,2H3. The SMILES string of the molecule is C#CCOc1cc(OC)ccc1C1CC(c2csc(C3CCCCN3C(=O)Cn3nc(C(F)F)cc3C(F)F)n2)=NO1. The molecule has 0 N–H and O–H groups in total. The number of halogens is 4. The average Bonchev–Trinajstić information content (AvgIpc) is 3.76. The molecule has 2 aliphatic rings. The van der Waals surface area contributed by atoms with Crippen LogP contribution >= 0.6 is 11.3 Å². The van der Waals surface area contributed by atoms with Gasteiger partial charge in [-0.2, -0.15) is 5.10 Å². The molecule has 9 nitrogen and oxygen atoms in total. The lowest BCUT2D eigenvalue weighted by atomic mass is 10.0. The van der Waals surface area contributed by atoms with Crippen LogP contribution in [0.2, 0.25) is 0 Å². The molecule has 222 valence electrons. The summed E-state index contributed by atoms with van der Waals surface area (Å²) in [5.41, 5.74) is 0.458. The van der Waals surface area contributed by atoms with Crippen LogP contribution in [0.3, 0.4) is 0 Å². The van der Waals surface area contributed by atoms with Crippen molar-refractivity contribution in [1.82, 2.24) is 19.7 Å². The number of amides is 1. The predicted molar refractivity (Wildman–Crippen MR) is 145 cm³/mol. The highest BCUT2D eigenvalue weighted by Crippen LogP contribution is 2.39. The Morgan fingerprint density at radius 2 is 2.07 bits per heavy atom. The maximum absolute atomic E-state index is 13.5. The van der Waals surface area contributed by atoms with Crippen LogP contribution in [-0.4, -0.2) is 51.5 Å². The minimum Gasteiger partial charge on any atom is -0.497 e. The molecule has 1 aromatic carbocycles. The summed E-state index contributed by atoms with van der Waals surface area (Å²) < 4.78 is 64.7. The first-order chi connectivity index (χ1) is 20.3. The summed E-state index contributed by atoms with van der Waals surface area (Å²) in [4.78, 5) is 25.3. The maximum atomic E-state index is 13.5.